The zero-order valence-corrected chi connectivity index (χ0v) is 12.8. The van der Waals surface area contributed by atoms with E-state index in [0.717, 1.165) is 10.5 Å². The molecule has 1 aliphatic heterocycles. The Morgan fingerprint density at radius 2 is 1.73 bits per heavy atom. The SMILES string of the molecule is CSc1ccc(C2N(Cc3ccccc3)C(=O)C2(F)F)cc1. The molecule has 0 spiro atoms. The highest BCUT2D eigenvalue weighted by atomic mass is 32.2. The summed E-state index contributed by atoms with van der Waals surface area (Å²) in [4.78, 5) is 14.0. The van der Waals surface area contributed by atoms with E-state index in [1.165, 1.54) is 4.90 Å². The van der Waals surface area contributed by atoms with E-state index in [2.05, 4.69) is 0 Å². The molecule has 1 atom stereocenters. The minimum atomic E-state index is -3.32. The number of likely N-dealkylation sites (tertiary alicyclic amines) is 1. The van der Waals surface area contributed by atoms with Crippen LogP contribution in [-0.2, 0) is 11.3 Å². The number of amides is 1. The molecule has 0 bridgehead atoms. The molecule has 2 aromatic carbocycles. The minimum Gasteiger partial charge on any atom is -0.319 e. The third-order valence-corrected chi connectivity index (χ3v) is 4.57. The largest absolute Gasteiger partial charge is 0.348 e. The van der Waals surface area contributed by atoms with Gasteiger partial charge in [-0.15, -0.1) is 11.8 Å². The Morgan fingerprint density at radius 3 is 2.32 bits per heavy atom. The summed E-state index contributed by atoms with van der Waals surface area (Å²) in [5, 5.41) is 0. The van der Waals surface area contributed by atoms with Crippen LogP contribution in [0.2, 0.25) is 0 Å². The number of β-lactam (4-membered cyclic amide) rings is 1. The first kappa shape index (κ1) is 15.0. The van der Waals surface area contributed by atoms with Crippen LogP contribution in [0.25, 0.3) is 0 Å². The average molecular weight is 319 g/mol. The maximum atomic E-state index is 14.0. The van der Waals surface area contributed by atoms with Gasteiger partial charge in [0.1, 0.15) is 6.04 Å². The summed E-state index contributed by atoms with van der Waals surface area (Å²) in [6.07, 6.45) is 1.93. The van der Waals surface area contributed by atoms with E-state index < -0.39 is 17.9 Å². The first-order valence-electron chi connectivity index (χ1n) is 6.91. The van der Waals surface area contributed by atoms with Crippen molar-refractivity contribution in [3.8, 4) is 0 Å². The first-order valence-corrected chi connectivity index (χ1v) is 8.13. The van der Waals surface area contributed by atoms with Crippen LogP contribution in [0.3, 0.4) is 0 Å². The molecule has 1 fully saturated rings. The molecule has 1 unspecified atom stereocenters. The number of thioether (sulfide) groups is 1. The molecular weight excluding hydrogens is 304 g/mol. The van der Waals surface area contributed by atoms with Crippen LogP contribution in [0.4, 0.5) is 8.78 Å². The van der Waals surface area contributed by atoms with Gasteiger partial charge in [0.25, 0.3) is 5.91 Å². The average Bonchev–Trinajstić information content (AvgIpc) is 2.55. The van der Waals surface area contributed by atoms with Crippen LogP contribution >= 0.6 is 11.8 Å². The second-order valence-corrected chi connectivity index (χ2v) is 6.10. The molecule has 22 heavy (non-hydrogen) atoms. The zero-order valence-electron chi connectivity index (χ0n) is 12.0. The van der Waals surface area contributed by atoms with E-state index in [1.807, 2.05) is 36.6 Å². The lowest BCUT2D eigenvalue weighted by molar-refractivity contribution is -0.207. The van der Waals surface area contributed by atoms with Gasteiger partial charge in [-0.3, -0.25) is 4.79 Å². The second kappa shape index (κ2) is 5.72. The molecule has 0 N–H and O–H groups in total. The van der Waals surface area contributed by atoms with Crippen molar-refractivity contribution < 1.29 is 13.6 Å². The monoisotopic (exact) mass is 319 g/mol. The molecule has 114 valence electrons. The van der Waals surface area contributed by atoms with Crippen LogP contribution in [0, 0.1) is 0 Å². The molecule has 3 rings (SSSR count). The number of benzene rings is 2. The van der Waals surface area contributed by atoms with Gasteiger partial charge in [-0.2, -0.15) is 8.78 Å². The predicted molar refractivity (Wildman–Crippen MR) is 82.9 cm³/mol. The number of nitrogens with zero attached hydrogens (tertiary/aromatic N) is 1. The van der Waals surface area contributed by atoms with Crippen molar-refractivity contribution >= 4 is 17.7 Å². The summed E-state index contributed by atoms with van der Waals surface area (Å²) in [7, 11) is 0. The van der Waals surface area contributed by atoms with Crippen LogP contribution in [0.1, 0.15) is 17.2 Å². The van der Waals surface area contributed by atoms with Gasteiger partial charge in [-0.1, -0.05) is 42.5 Å². The molecule has 0 radical (unpaired) electrons. The predicted octanol–water partition coefficient (Wildman–Crippen LogP) is 4.13. The van der Waals surface area contributed by atoms with E-state index >= 15 is 0 Å². The molecule has 0 aliphatic carbocycles. The van der Waals surface area contributed by atoms with E-state index in [9.17, 15) is 13.6 Å². The zero-order chi connectivity index (χ0) is 15.7. The minimum absolute atomic E-state index is 0.199. The maximum absolute atomic E-state index is 14.0. The van der Waals surface area contributed by atoms with Crippen molar-refractivity contribution in [2.75, 3.05) is 6.26 Å². The van der Waals surface area contributed by atoms with Crippen molar-refractivity contribution in [1.82, 2.24) is 4.90 Å². The van der Waals surface area contributed by atoms with Gasteiger partial charge < -0.3 is 4.90 Å². The standard InChI is InChI=1S/C17H15F2NOS/c1-22-14-9-7-13(8-10-14)15-17(18,19)16(21)20(15)11-12-5-3-2-4-6-12/h2-10,15H,11H2,1H3. The van der Waals surface area contributed by atoms with Crippen LogP contribution in [-0.4, -0.2) is 23.0 Å². The van der Waals surface area contributed by atoms with Gasteiger partial charge >= 0.3 is 5.92 Å². The highest BCUT2D eigenvalue weighted by Crippen LogP contribution is 2.48. The van der Waals surface area contributed by atoms with Gasteiger partial charge in [0.15, 0.2) is 0 Å². The van der Waals surface area contributed by atoms with Crippen molar-refractivity contribution in [1.29, 1.82) is 0 Å². The smallest absolute Gasteiger partial charge is 0.319 e. The summed E-state index contributed by atoms with van der Waals surface area (Å²) in [6, 6.07) is 15.0. The van der Waals surface area contributed by atoms with Crippen molar-refractivity contribution in [3.63, 3.8) is 0 Å². The fraction of sp³-hybridized carbons (Fsp3) is 0.235. The fourth-order valence-electron chi connectivity index (χ4n) is 2.67. The van der Waals surface area contributed by atoms with Gasteiger partial charge in [0, 0.05) is 11.4 Å². The number of carbonyl (C=O) groups excluding carboxylic acids is 1. The lowest BCUT2D eigenvalue weighted by Gasteiger charge is -2.46. The van der Waals surface area contributed by atoms with Gasteiger partial charge in [0.05, 0.1) is 0 Å². The molecule has 1 saturated heterocycles. The quantitative estimate of drug-likeness (QED) is 0.624. The van der Waals surface area contributed by atoms with Gasteiger partial charge in [0.2, 0.25) is 0 Å². The number of rotatable bonds is 4. The highest BCUT2D eigenvalue weighted by molar-refractivity contribution is 7.98. The van der Waals surface area contributed by atoms with E-state index in [0.29, 0.717) is 5.56 Å². The molecular formula is C17H15F2NOS. The Balaban J connectivity index is 1.87. The summed E-state index contributed by atoms with van der Waals surface area (Å²) in [5.41, 5.74) is 1.32. The molecule has 0 aromatic heterocycles. The van der Waals surface area contributed by atoms with Gasteiger partial charge in [-0.25, -0.2) is 0 Å². The summed E-state index contributed by atoms with van der Waals surface area (Å²) < 4.78 is 28.0. The maximum Gasteiger partial charge on any atom is 0.348 e. The molecule has 5 heteroatoms. The Morgan fingerprint density at radius 1 is 1.09 bits per heavy atom. The van der Waals surface area contributed by atoms with E-state index in [-0.39, 0.29) is 6.54 Å². The number of hydrogen-bond acceptors (Lipinski definition) is 2. The highest BCUT2D eigenvalue weighted by Gasteiger charge is 2.63. The second-order valence-electron chi connectivity index (χ2n) is 5.22. The van der Waals surface area contributed by atoms with Crippen LogP contribution in [0.15, 0.2) is 59.5 Å². The number of alkyl halides is 2. The fourth-order valence-corrected chi connectivity index (χ4v) is 3.08. The lowest BCUT2D eigenvalue weighted by atomic mass is 9.89. The first-order chi connectivity index (χ1) is 10.5. The number of carbonyl (C=O) groups is 1. The van der Waals surface area contributed by atoms with E-state index in [1.54, 1.807) is 36.0 Å². The number of halogens is 2. The molecule has 2 nitrogen and oxygen atoms in total. The molecule has 1 heterocycles. The summed E-state index contributed by atoms with van der Waals surface area (Å²) >= 11 is 1.55. The molecule has 2 aromatic rings. The Bertz CT molecular complexity index is 673. The Labute approximate surface area is 132 Å². The normalized spacial score (nSPS) is 19.9. The molecule has 0 saturated carbocycles. The molecule has 1 aliphatic rings. The van der Waals surface area contributed by atoms with Gasteiger partial charge in [-0.05, 0) is 29.5 Å². The lowest BCUT2D eigenvalue weighted by Crippen LogP contribution is -2.63. The summed E-state index contributed by atoms with van der Waals surface area (Å²) in [5.74, 6) is -4.43. The number of hydrogen-bond donors (Lipinski definition) is 0. The van der Waals surface area contributed by atoms with Crippen LogP contribution in [0.5, 0.6) is 0 Å². The van der Waals surface area contributed by atoms with Crippen LogP contribution < -0.4 is 0 Å². The Hall–Kier alpha value is -1.88. The van der Waals surface area contributed by atoms with Crippen molar-refractivity contribution in [3.05, 3.63) is 65.7 Å². The summed E-state index contributed by atoms with van der Waals surface area (Å²) in [6.45, 7) is 0.199. The molecule has 1 amide bonds. The topological polar surface area (TPSA) is 20.3 Å². The third-order valence-electron chi connectivity index (χ3n) is 3.83. The van der Waals surface area contributed by atoms with E-state index in [4.69, 9.17) is 0 Å². The van der Waals surface area contributed by atoms with Crippen molar-refractivity contribution in [2.45, 2.75) is 23.4 Å². The third kappa shape index (κ3) is 2.50. The van der Waals surface area contributed by atoms with Crippen molar-refractivity contribution in [2.24, 2.45) is 0 Å². The Kier molecular flexibility index (Phi) is 3.91.